The maximum Gasteiger partial charge on any atom is 0.435 e. The summed E-state index contributed by atoms with van der Waals surface area (Å²) in [6, 6.07) is -1.42. The Hall–Kier alpha value is -1.44. The predicted molar refractivity (Wildman–Crippen MR) is 52.2 cm³/mol. The molecule has 1 N–H and O–H groups in total. The standard InChI is InChI=1S/C7H7ClF3N5O/c1-16-6(8)4(3(2-17)13-15-12)5(14-16)7(9,10)11/h3,17H,2H2,1H3. The summed E-state index contributed by atoms with van der Waals surface area (Å²) in [4.78, 5) is 2.36. The molecule has 1 unspecified atom stereocenters. The first-order valence-corrected chi connectivity index (χ1v) is 4.65. The van der Waals surface area contributed by atoms with Crippen LogP contribution in [0.1, 0.15) is 17.3 Å². The number of alkyl halides is 3. The van der Waals surface area contributed by atoms with Crippen LogP contribution in [0.2, 0.25) is 5.15 Å². The van der Waals surface area contributed by atoms with Crippen LogP contribution in [0.25, 0.3) is 10.4 Å². The maximum absolute atomic E-state index is 12.6. The van der Waals surface area contributed by atoms with Gasteiger partial charge in [0.2, 0.25) is 0 Å². The van der Waals surface area contributed by atoms with Crippen molar-refractivity contribution < 1.29 is 18.3 Å². The molecule has 10 heteroatoms. The number of rotatable bonds is 3. The highest BCUT2D eigenvalue weighted by molar-refractivity contribution is 6.30. The lowest BCUT2D eigenvalue weighted by molar-refractivity contribution is -0.142. The summed E-state index contributed by atoms with van der Waals surface area (Å²) in [5, 5.41) is 14.8. The van der Waals surface area contributed by atoms with E-state index in [2.05, 4.69) is 15.1 Å². The molecule has 0 saturated carbocycles. The molecule has 0 aliphatic heterocycles. The summed E-state index contributed by atoms with van der Waals surface area (Å²) < 4.78 is 38.7. The Labute approximate surface area is 98.2 Å². The van der Waals surface area contributed by atoms with Crippen LogP contribution in [0.5, 0.6) is 0 Å². The van der Waals surface area contributed by atoms with Gasteiger partial charge >= 0.3 is 6.18 Å². The molecular formula is C7H7ClF3N5O. The van der Waals surface area contributed by atoms with Crippen molar-refractivity contribution in [3.63, 3.8) is 0 Å². The van der Waals surface area contributed by atoms with Crippen molar-refractivity contribution in [2.75, 3.05) is 6.61 Å². The minimum Gasteiger partial charge on any atom is -0.396 e. The van der Waals surface area contributed by atoms with E-state index in [4.69, 9.17) is 22.2 Å². The van der Waals surface area contributed by atoms with Crippen LogP contribution in [-0.2, 0) is 13.2 Å². The summed E-state index contributed by atoms with van der Waals surface area (Å²) in [7, 11) is 1.21. The van der Waals surface area contributed by atoms with E-state index in [0.29, 0.717) is 0 Å². The third kappa shape index (κ3) is 2.63. The van der Waals surface area contributed by atoms with Crippen LogP contribution < -0.4 is 0 Å². The van der Waals surface area contributed by atoms with E-state index in [-0.39, 0.29) is 5.15 Å². The summed E-state index contributed by atoms with van der Waals surface area (Å²) in [5.41, 5.74) is 6.42. The van der Waals surface area contributed by atoms with Gasteiger partial charge in [-0.3, -0.25) is 4.68 Å². The van der Waals surface area contributed by atoms with E-state index in [1.807, 2.05) is 0 Å². The Kier molecular flexibility index (Phi) is 3.87. The van der Waals surface area contributed by atoms with Crippen LogP contribution in [-0.4, -0.2) is 21.5 Å². The third-order valence-electron chi connectivity index (χ3n) is 1.98. The molecule has 0 fully saturated rings. The summed E-state index contributed by atoms with van der Waals surface area (Å²) >= 11 is 5.64. The highest BCUT2D eigenvalue weighted by Crippen LogP contribution is 2.38. The third-order valence-corrected chi connectivity index (χ3v) is 2.43. The first kappa shape index (κ1) is 13.6. The molecule has 0 aliphatic rings. The molecule has 1 aromatic heterocycles. The molecule has 0 amide bonds. The Bertz CT molecular complexity index is 465. The van der Waals surface area contributed by atoms with E-state index >= 15 is 0 Å². The fraction of sp³-hybridized carbons (Fsp3) is 0.571. The SMILES string of the molecule is Cn1nc(C(F)(F)F)c(C(CO)N=[N+]=[N-])c1Cl. The molecule has 1 rings (SSSR count). The van der Waals surface area contributed by atoms with Crippen molar-refractivity contribution in [3.8, 4) is 0 Å². The quantitative estimate of drug-likeness (QED) is 0.519. The normalized spacial score (nSPS) is 13.3. The van der Waals surface area contributed by atoms with Crippen molar-refractivity contribution in [1.82, 2.24) is 9.78 Å². The first-order chi connectivity index (χ1) is 7.82. The number of hydrogen-bond acceptors (Lipinski definition) is 3. The zero-order valence-electron chi connectivity index (χ0n) is 8.48. The van der Waals surface area contributed by atoms with Crippen molar-refractivity contribution in [1.29, 1.82) is 0 Å². The molecule has 1 heterocycles. The van der Waals surface area contributed by atoms with Gasteiger partial charge in [0.25, 0.3) is 0 Å². The lowest BCUT2D eigenvalue weighted by Crippen LogP contribution is -2.12. The van der Waals surface area contributed by atoms with Gasteiger partial charge in [-0.15, -0.1) is 0 Å². The number of hydrogen-bond donors (Lipinski definition) is 1. The second-order valence-electron chi connectivity index (χ2n) is 3.08. The van der Waals surface area contributed by atoms with Crippen LogP contribution in [0.15, 0.2) is 5.11 Å². The Morgan fingerprint density at radius 1 is 1.65 bits per heavy atom. The minimum atomic E-state index is -4.74. The summed E-state index contributed by atoms with van der Waals surface area (Å²) in [5.74, 6) is 0. The van der Waals surface area contributed by atoms with Crippen LogP contribution in [0.3, 0.4) is 0 Å². The maximum atomic E-state index is 12.6. The van der Waals surface area contributed by atoms with Gasteiger partial charge in [0.1, 0.15) is 5.15 Å². The summed E-state index contributed by atoms with van der Waals surface area (Å²) in [6.45, 7) is -0.793. The smallest absolute Gasteiger partial charge is 0.396 e. The number of azide groups is 1. The molecule has 94 valence electrons. The highest BCUT2D eigenvalue weighted by atomic mass is 35.5. The van der Waals surface area contributed by atoms with Crippen LogP contribution in [0.4, 0.5) is 13.2 Å². The van der Waals surface area contributed by atoms with Gasteiger partial charge in [-0.25, -0.2) is 0 Å². The molecule has 0 bridgehead atoms. The largest absolute Gasteiger partial charge is 0.435 e. The fourth-order valence-corrected chi connectivity index (χ4v) is 1.53. The van der Waals surface area contributed by atoms with Crippen molar-refractivity contribution in [3.05, 3.63) is 26.9 Å². The minimum absolute atomic E-state index is 0.330. The van der Waals surface area contributed by atoms with Crippen molar-refractivity contribution in [2.45, 2.75) is 12.2 Å². The predicted octanol–water partition coefficient (Wildman–Crippen LogP) is 2.44. The summed E-state index contributed by atoms with van der Waals surface area (Å²) in [6.07, 6.45) is -4.74. The topological polar surface area (TPSA) is 86.8 Å². The van der Waals surface area contributed by atoms with Crippen LogP contribution >= 0.6 is 11.6 Å². The Balaban J connectivity index is 3.44. The van der Waals surface area contributed by atoms with E-state index in [9.17, 15) is 13.2 Å². The molecule has 1 aromatic rings. The molecule has 0 radical (unpaired) electrons. The number of aliphatic hydroxyl groups excluding tert-OH is 1. The molecule has 0 saturated heterocycles. The van der Waals surface area contributed by atoms with E-state index in [1.165, 1.54) is 7.05 Å². The lowest BCUT2D eigenvalue weighted by atomic mass is 10.1. The van der Waals surface area contributed by atoms with Crippen LogP contribution in [0, 0.1) is 0 Å². The molecular weight excluding hydrogens is 263 g/mol. The Morgan fingerprint density at radius 2 is 2.24 bits per heavy atom. The van der Waals surface area contributed by atoms with Gasteiger partial charge in [0, 0.05) is 17.5 Å². The monoisotopic (exact) mass is 269 g/mol. The lowest BCUT2D eigenvalue weighted by Gasteiger charge is -2.10. The second kappa shape index (κ2) is 4.82. The number of nitrogens with zero attached hydrogens (tertiary/aromatic N) is 5. The van der Waals surface area contributed by atoms with Gasteiger partial charge in [-0.1, -0.05) is 16.7 Å². The molecule has 0 aliphatic carbocycles. The zero-order valence-corrected chi connectivity index (χ0v) is 9.24. The van der Waals surface area contributed by atoms with E-state index < -0.39 is 30.1 Å². The molecule has 0 aromatic carbocycles. The average Bonchev–Trinajstić information content (AvgIpc) is 2.52. The van der Waals surface area contributed by atoms with Gasteiger partial charge in [0.15, 0.2) is 5.69 Å². The van der Waals surface area contributed by atoms with Gasteiger partial charge in [-0.2, -0.15) is 18.3 Å². The van der Waals surface area contributed by atoms with E-state index in [1.54, 1.807) is 0 Å². The Morgan fingerprint density at radius 3 is 2.65 bits per heavy atom. The number of aryl methyl sites for hydroxylation is 1. The number of halogens is 4. The molecule has 0 spiro atoms. The molecule has 17 heavy (non-hydrogen) atoms. The molecule has 6 nitrogen and oxygen atoms in total. The highest BCUT2D eigenvalue weighted by Gasteiger charge is 2.40. The van der Waals surface area contributed by atoms with Gasteiger partial charge < -0.3 is 5.11 Å². The molecule has 1 atom stereocenters. The van der Waals surface area contributed by atoms with Gasteiger partial charge in [0.05, 0.1) is 12.6 Å². The fourth-order valence-electron chi connectivity index (χ4n) is 1.27. The van der Waals surface area contributed by atoms with Crippen molar-refractivity contribution >= 4 is 11.6 Å². The average molecular weight is 270 g/mol. The number of aliphatic hydroxyl groups is 1. The zero-order chi connectivity index (χ0) is 13.2. The first-order valence-electron chi connectivity index (χ1n) is 4.27. The van der Waals surface area contributed by atoms with Gasteiger partial charge in [-0.05, 0) is 5.53 Å². The van der Waals surface area contributed by atoms with Crippen molar-refractivity contribution in [2.24, 2.45) is 12.2 Å². The van der Waals surface area contributed by atoms with E-state index in [0.717, 1.165) is 4.68 Å². The second-order valence-corrected chi connectivity index (χ2v) is 3.44. The number of aromatic nitrogens is 2.